The van der Waals surface area contributed by atoms with Crippen molar-refractivity contribution in [3.05, 3.63) is 29.8 Å². The number of fused-ring (bicyclic) bond motifs is 1. The van der Waals surface area contributed by atoms with Crippen molar-refractivity contribution in [2.45, 2.75) is 29.2 Å². The van der Waals surface area contributed by atoms with Gasteiger partial charge in [0.2, 0.25) is 5.91 Å². The van der Waals surface area contributed by atoms with Gasteiger partial charge in [-0.1, -0.05) is 34.1 Å². The number of thioether (sulfide) groups is 1. The zero-order chi connectivity index (χ0) is 14.0. The van der Waals surface area contributed by atoms with Crippen molar-refractivity contribution < 1.29 is 9.53 Å². The maximum absolute atomic E-state index is 12.7. The van der Waals surface area contributed by atoms with Gasteiger partial charge in [0.15, 0.2) is 0 Å². The molecular formula is C15H18BrNO2S. The lowest BCUT2D eigenvalue weighted by Crippen LogP contribution is -2.54. The first-order chi connectivity index (χ1) is 9.74. The van der Waals surface area contributed by atoms with Crippen LogP contribution in [0.4, 0.5) is 0 Å². The highest BCUT2D eigenvalue weighted by Crippen LogP contribution is 2.39. The third kappa shape index (κ3) is 2.76. The van der Waals surface area contributed by atoms with Crippen LogP contribution in [0.3, 0.4) is 0 Å². The number of rotatable bonds is 3. The average molecular weight is 356 g/mol. The lowest BCUT2D eigenvalue weighted by Gasteiger charge is -2.37. The van der Waals surface area contributed by atoms with Gasteiger partial charge >= 0.3 is 0 Å². The fraction of sp³-hybridized carbons (Fsp3) is 0.533. The average Bonchev–Trinajstić information content (AvgIpc) is 2.92. The SMILES string of the molecule is O=C(NC1(CBr)CCOCC1)C1CSc2ccccc21. The predicted octanol–water partition coefficient (Wildman–Crippen LogP) is 2.94. The second-order valence-electron chi connectivity index (χ2n) is 5.42. The fourth-order valence-corrected chi connectivity index (χ4v) is 4.71. The van der Waals surface area contributed by atoms with Gasteiger partial charge in [0, 0.05) is 29.2 Å². The largest absolute Gasteiger partial charge is 0.381 e. The van der Waals surface area contributed by atoms with Crippen LogP contribution in [-0.2, 0) is 9.53 Å². The van der Waals surface area contributed by atoms with Crippen LogP contribution < -0.4 is 5.32 Å². The number of carbonyl (C=O) groups excluding carboxylic acids is 1. The van der Waals surface area contributed by atoms with Gasteiger partial charge in [-0.2, -0.15) is 0 Å². The number of halogens is 1. The summed E-state index contributed by atoms with van der Waals surface area (Å²) in [5.41, 5.74) is 1.03. The van der Waals surface area contributed by atoms with E-state index in [0.29, 0.717) is 0 Å². The Morgan fingerprint density at radius 1 is 1.40 bits per heavy atom. The molecule has 0 radical (unpaired) electrons. The van der Waals surface area contributed by atoms with Crippen LogP contribution in [0.5, 0.6) is 0 Å². The van der Waals surface area contributed by atoms with E-state index < -0.39 is 0 Å². The zero-order valence-corrected chi connectivity index (χ0v) is 13.6. The minimum absolute atomic E-state index is 0.0185. The highest BCUT2D eigenvalue weighted by Gasteiger charge is 2.37. The standard InChI is InChI=1S/C15H18BrNO2S/c16-10-15(5-7-19-8-6-15)17-14(18)12-9-20-13-4-2-1-3-11(12)13/h1-4,12H,5-10H2,(H,17,18). The van der Waals surface area contributed by atoms with Crippen LogP contribution in [0.1, 0.15) is 24.3 Å². The number of hydrogen-bond donors (Lipinski definition) is 1. The molecule has 3 rings (SSSR count). The fourth-order valence-electron chi connectivity index (χ4n) is 2.78. The Morgan fingerprint density at radius 2 is 2.15 bits per heavy atom. The van der Waals surface area contributed by atoms with E-state index in [1.807, 2.05) is 12.1 Å². The van der Waals surface area contributed by atoms with Crippen molar-refractivity contribution in [2.75, 3.05) is 24.3 Å². The third-order valence-electron chi connectivity index (χ3n) is 4.11. The van der Waals surface area contributed by atoms with Crippen LogP contribution in [-0.4, -0.2) is 35.7 Å². The zero-order valence-electron chi connectivity index (χ0n) is 11.2. The Morgan fingerprint density at radius 3 is 2.90 bits per heavy atom. The van der Waals surface area contributed by atoms with Crippen molar-refractivity contribution in [3.63, 3.8) is 0 Å². The van der Waals surface area contributed by atoms with E-state index in [2.05, 4.69) is 33.4 Å². The Balaban J connectivity index is 1.74. The Bertz CT molecular complexity index is 502. The monoisotopic (exact) mass is 355 g/mol. The summed E-state index contributed by atoms with van der Waals surface area (Å²) in [6.45, 7) is 1.45. The molecule has 1 saturated heterocycles. The van der Waals surface area contributed by atoms with Gasteiger partial charge in [0.1, 0.15) is 0 Å². The third-order valence-corrected chi connectivity index (χ3v) is 6.37. The van der Waals surface area contributed by atoms with Crippen molar-refractivity contribution >= 4 is 33.6 Å². The summed E-state index contributed by atoms with van der Waals surface area (Å²) in [4.78, 5) is 13.9. The highest BCUT2D eigenvalue weighted by molar-refractivity contribution is 9.09. The molecule has 1 N–H and O–H groups in total. The molecule has 0 aliphatic carbocycles. The van der Waals surface area contributed by atoms with Crippen molar-refractivity contribution in [1.82, 2.24) is 5.32 Å². The van der Waals surface area contributed by atoms with E-state index >= 15 is 0 Å². The van der Waals surface area contributed by atoms with Gasteiger partial charge in [0.25, 0.3) is 0 Å². The molecule has 3 nitrogen and oxygen atoms in total. The maximum Gasteiger partial charge on any atom is 0.228 e. The summed E-state index contributed by atoms with van der Waals surface area (Å²) >= 11 is 5.34. The summed E-state index contributed by atoms with van der Waals surface area (Å²) in [7, 11) is 0. The molecule has 2 aliphatic rings. The minimum atomic E-state index is -0.141. The van der Waals surface area contributed by atoms with E-state index in [0.717, 1.165) is 37.1 Å². The summed E-state index contributed by atoms with van der Waals surface area (Å²) in [6.07, 6.45) is 1.76. The van der Waals surface area contributed by atoms with Gasteiger partial charge in [-0.05, 0) is 24.5 Å². The van der Waals surface area contributed by atoms with E-state index in [-0.39, 0.29) is 17.4 Å². The number of hydrogen-bond acceptors (Lipinski definition) is 3. The molecule has 0 saturated carbocycles. The number of ether oxygens (including phenoxy) is 1. The van der Waals surface area contributed by atoms with Gasteiger partial charge in [-0.3, -0.25) is 4.79 Å². The number of carbonyl (C=O) groups is 1. The van der Waals surface area contributed by atoms with Gasteiger partial charge in [-0.15, -0.1) is 11.8 Å². The number of nitrogens with one attached hydrogen (secondary N) is 1. The smallest absolute Gasteiger partial charge is 0.228 e. The summed E-state index contributed by atoms with van der Waals surface area (Å²) in [5, 5.41) is 4.07. The first kappa shape index (κ1) is 14.4. The van der Waals surface area contributed by atoms with E-state index in [4.69, 9.17) is 4.74 Å². The number of amides is 1. The Hall–Kier alpha value is -0.520. The van der Waals surface area contributed by atoms with Crippen molar-refractivity contribution in [3.8, 4) is 0 Å². The molecule has 0 bridgehead atoms. The van der Waals surface area contributed by atoms with Crippen LogP contribution >= 0.6 is 27.7 Å². The topological polar surface area (TPSA) is 38.3 Å². The van der Waals surface area contributed by atoms with E-state index in [1.54, 1.807) is 11.8 Å². The molecule has 20 heavy (non-hydrogen) atoms. The molecule has 1 amide bonds. The first-order valence-electron chi connectivity index (χ1n) is 6.92. The molecule has 2 heterocycles. The van der Waals surface area contributed by atoms with E-state index in [1.165, 1.54) is 10.5 Å². The number of benzene rings is 1. The van der Waals surface area contributed by atoms with Crippen molar-refractivity contribution in [1.29, 1.82) is 0 Å². The summed E-state index contributed by atoms with van der Waals surface area (Å²) in [5.74, 6) is 0.985. The highest BCUT2D eigenvalue weighted by atomic mass is 79.9. The van der Waals surface area contributed by atoms with Gasteiger partial charge < -0.3 is 10.1 Å². The van der Waals surface area contributed by atoms with Crippen LogP contribution in [0.25, 0.3) is 0 Å². The van der Waals surface area contributed by atoms with Crippen LogP contribution in [0, 0.1) is 0 Å². The molecule has 0 aromatic heterocycles. The molecule has 0 spiro atoms. The lowest BCUT2D eigenvalue weighted by atomic mass is 9.90. The Labute approximate surface area is 132 Å². The molecular weight excluding hydrogens is 338 g/mol. The predicted molar refractivity (Wildman–Crippen MR) is 84.6 cm³/mol. The first-order valence-corrected chi connectivity index (χ1v) is 9.02. The van der Waals surface area contributed by atoms with Crippen LogP contribution in [0.2, 0.25) is 0 Å². The molecule has 1 fully saturated rings. The second kappa shape index (κ2) is 6.08. The normalized spacial score (nSPS) is 24.1. The molecule has 108 valence electrons. The summed E-state index contributed by atoms with van der Waals surface area (Å²) < 4.78 is 5.41. The second-order valence-corrected chi connectivity index (χ2v) is 7.04. The number of alkyl halides is 1. The molecule has 5 heteroatoms. The van der Waals surface area contributed by atoms with Gasteiger partial charge in [-0.25, -0.2) is 0 Å². The molecule has 1 atom stereocenters. The van der Waals surface area contributed by atoms with Crippen molar-refractivity contribution in [2.24, 2.45) is 0 Å². The lowest BCUT2D eigenvalue weighted by molar-refractivity contribution is -0.124. The Kier molecular flexibility index (Phi) is 4.38. The molecule has 1 aromatic carbocycles. The summed E-state index contributed by atoms with van der Waals surface area (Å²) in [6, 6.07) is 8.22. The minimum Gasteiger partial charge on any atom is -0.381 e. The van der Waals surface area contributed by atoms with Gasteiger partial charge in [0.05, 0.1) is 11.5 Å². The van der Waals surface area contributed by atoms with Crippen LogP contribution in [0.15, 0.2) is 29.2 Å². The van der Waals surface area contributed by atoms with E-state index in [9.17, 15) is 4.79 Å². The maximum atomic E-state index is 12.7. The quantitative estimate of drug-likeness (QED) is 0.847. The molecule has 1 unspecified atom stereocenters. The molecule has 2 aliphatic heterocycles. The molecule has 1 aromatic rings.